The molecule has 108 valence electrons. The van der Waals surface area contributed by atoms with E-state index >= 15 is 0 Å². The fourth-order valence-corrected chi connectivity index (χ4v) is 2.65. The lowest BCUT2D eigenvalue weighted by atomic mass is 9.80. The Morgan fingerprint density at radius 2 is 1.72 bits per heavy atom. The van der Waals surface area contributed by atoms with Crippen molar-refractivity contribution in [2.75, 3.05) is 60.2 Å². The van der Waals surface area contributed by atoms with Crippen LogP contribution in [-0.2, 0) is 9.47 Å². The van der Waals surface area contributed by atoms with Gasteiger partial charge in [0.25, 0.3) is 0 Å². The maximum Gasteiger partial charge on any atom is 0.0589 e. The second kappa shape index (κ2) is 8.86. The van der Waals surface area contributed by atoms with Crippen LogP contribution in [-0.4, -0.2) is 65.1 Å². The molecule has 18 heavy (non-hydrogen) atoms. The highest BCUT2D eigenvalue weighted by Gasteiger charge is 2.28. The van der Waals surface area contributed by atoms with E-state index in [0.717, 1.165) is 45.8 Å². The molecule has 4 heteroatoms. The van der Waals surface area contributed by atoms with Crippen LogP contribution in [0.5, 0.6) is 0 Å². The molecule has 1 aliphatic heterocycles. The fourth-order valence-electron chi connectivity index (χ4n) is 2.65. The van der Waals surface area contributed by atoms with Crippen molar-refractivity contribution in [2.45, 2.75) is 26.2 Å². The van der Waals surface area contributed by atoms with Gasteiger partial charge in [0.2, 0.25) is 0 Å². The van der Waals surface area contributed by atoms with Crippen LogP contribution < -0.4 is 5.32 Å². The Bertz CT molecular complexity index is 206. The lowest BCUT2D eigenvalue weighted by molar-refractivity contribution is 0.0862. The minimum atomic E-state index is 0.464. The van der Waals surface area contributed by atoms with E-state index in [1.165, 1.54) is 19.4 Å². The summed E-state index contributed by atoms with van der Waals surface area (Å²) in [6, 6.07) is 0. The molecular formula is C14H30N2O2. The van der Waals surface area contributed by atoms with Crippen molar-refractivity contribution < 1.29 is 9.47 Å². The van der Waals surface area contributed by atoms with Gasteiger partial charge in [-0.15, -0.1) is 0 Å². The molecule has 1 heterocycles. The van der Waals surface area contributed by atoms with E-state index in [4.69, 9.17) is 9.47 Å². The standard InChI is InChI=1S/C14H30N2O2/c1-14(5-7-15-8-6-14)13-16(10-12-18-3)9-4-11-17-2/h15H,4-13H2,1-3H3. The zero-order valence-electron chi connectivity index (χ0n) is 12.3. The topological polar surface area (TPSA) is 33.7 Å². The zero-order valence-corrected chi connectivity index (χ0v) is 12.3. The number of nitrogens with one attached hydrogen (secondary N) is 1. The molecule has 0 amide bonds. The van der Waals surface area contributed by atoms with Crippen LogP contribution >= 0.6 is 0 Å². The van der Waals surface area contributed by atoms with Gasteiger partial charge in [0.15, 0.2) is 0 Å². The maximum atomic E-state index is 5.22. The molecule has 0 radical (unpaired) electrons. The molecule has 0 aliphatic carbocycles. The molecule has 0 aromatic carbocycles. The van der Waals surface area contributed by atoms with E-state index < -0.39 is 0 Å². The summed E-state index contributed by atoms with van der Waals surface area (Å²) in [7, 11) is 3.55. The average Bonchev–Trinajstić information content (AvgIpc) is 2.36. The molecule has 0 spiro atoms. The van der Waals surface area contributed by atoms with Gasteiger partial charge in [-0.05, 0) is 37.8 Å². The predicted octanol–water partition coefficient (Wildman–Crippen LogP) is 1.36. The van der Waals surface area contributed by atoms with Gasteiger partial charge in [-0.1, -0.05) is 6.92 Å². The summed E-state index contributed by atoms with van der Waals surface area (Å²) in [5.41, 5.74) is 0.464. The third kappa shape index (κ3) is 6.14. The number of ether oxygens (including phenoxy) is 2. The van der Waals surface area contributed by atoms with Crippen LogP contribution in [0.15, 0.2) is 0 Å². The minimum absolute atomic E-state index is 0.464. The van der Waals surface area contributed by atoms with Gasteiger partial charge in [0.1, 0.15) is 0 Å². The first kappa shape index (κ1) is 15.9. The minimum Gasteiger partial charge on any atom is -0.385 e. The molecule has 1 fully saturated rings. The Morgan fingerprint density at radius 3 is 2.33 bits per heavy atom. The number of nitrogens with zero attached hydrogens (tertiary/aromatic N) is 1. The van der Waals surface area contributed by atoms with Crippen LogP contribution in [0.3, 0.4) is 0 Å². The van der Waals surface area contributed by atoms with E-state index in [0.29, 0.717) is 5.41 Å². The SMILES string of the molecule is COCCCN(CCOC)CC1(C)CCNCC1. The van der Waals surface area contributed by atoms with Crippen molar-refractivity contribution in [3.8, 4) is 0 Å². The fraction of sp³-hybridized carbons (Fsp3) is 1.00. The molecule has 1 rings (SSSR count). The molecule has 1 aliphatic rings. The highest BCUT2D eigenvalue weighted by atomic mass is 16.5. The van der Waals surface area contributed by atoms with Crippen molar-refractivity contribution in [3.63, 3.8) is 0 Å². The Hall–Kier alpha value is -0.160. The molecule has 0 aromatic heterocycles. The molecular weight excluding hydrogens is 228 g/mol. The molecule has 0 bridgehead atoms. The highest BCUT2D eigenvalue weighted by molar-refractivity contribution is 4.83. The van der Waals surface area contributed by atoms with Crippen LogP contribution in [0.25, 0.3) is 0 Å². The van der Waals surface area contributed by atoms with Crippen LogP contribution in [0.1, 0.15) is 26.2 Å². The summed E-state index contributed by atoms with van der Waals surface area (Å²) < 4.78 is 10.4. The molecule has 0 saturated carbocycles. The van der Waals surface area contributed by atoms with Gasteiger partial charge in [-0.2, -0.15) is 0 Å². The largest absolute Gasteiger partial charge is 0.385 e. The normalized spacial score (nSPS) is 19.3. The summed E-state index contributed by atoms with van der Waals surface area (Å²) in [5.74, 6) is 0. The van der Waals surface area contributed by atoms with Crippen molar-refractivity contribution in [1.82, 2.24) is 10.2 Å². The van der Waals surface area contributed by atoms with Crippen LogP contribution in [0.4, 0.5) is 0 Å². The lowest BCUT2D eigenvalue weighted by Gasteiger charge is -2.38. The lowest BCUT2D eigenvalue weighted by Crippen LogP contribution is -2.44. The van der Waals surface area contributed by atoms with E-state index in [2.05, 4.69) is 17.1 Å². The van der Waals surface area contributed by atoms with Gasteiger partial charge in [0, 0.05) is 40.5 Å². The van der Waals surface area contributed by atoms with Gasteiger partial charge < -0.3 is 19.7 Å². The highest BCUT2D eigenvalue weighted by Crippen LogP contribution is 2.28. The first-order chi connectivity index (χ1) is 8.70. The quantitative estimate of drug-likeness (QED) is 0.633. The maximum absolute atomic E-state index is 5.22. The summed E-state index contributed by atoms with van der Waals surface area (Å²) in [6.45, 7) is 9.73. The van der Waals surface area contributed by atoms with Crippen LogP contribution in [0.2, 0.25) is 0 Å². The zero-order chi connectivity index (χ0) is 13.3. The molecule has 0 aromatic rings. The Balaban J connectivity index is 2.37. The summed E-state index contributed by atoms with van der Waals surface area (Å²) in [6.07, 6.45) is 3.66. The smallest absolute Gasteiger partial charge is 0.0589 e. The number of rotatable bonds is 9. The average molecular weight is 258 g/mol. The third-order valence-electron chi connectivity index (χ3n) is 3.85. The predicted molar refractivity (Wildman–Crippen MR) is 75.0 cm³/mol. The number of hydrogen-bond donors (Lipinski definition) is 1. The summed E-state index contributed by atoms with van der Waals surface area (Å²) in [5, 5.41) is 3.45. The monoisotopic (exact) mass is 258 g/mol. The summed E-state index contributed by atoms with van der Waals surface area (Å²) >= 11 is 0. The van der Waals surface area contributed by atoms with Crippen LogP contribution in [0, 0.1) is 5.41 Å². The molecule has 1 saturated heterocycles. The Labute approximate surface area is 112 Å². The van der Waals surface area contributed by atoms with E-state index in [1.807, 2.05) is 0 Å². The van der Waals surface area contributed by atoms with Gasteiger partial charge >= 0.3 is 0 Å². The molecule has 1 N–H and O–H groups in total. The first-order valence-corrected chi connectivity index (χ1v) is 7.11. The van der Waals surface area contributed by atoms with E-state index in [-0.39, 0.29) is 0 Å². The second-order valence-electron chi connectivity index (χ2n) is 5.68. The third-order valence-corrected chi connectivity index (χ3v) is 3.85. The van der Waals surface area contributed by atoms with Crippen molar-refractivity contribution in [3.05, 3.63) is 0 Å². The molecule has 0 atom stereocenters. The number of piperidine rings is 1. The summed E-state index contributed by atoms with van der Waals surface area (Å²) in [4.78, 5) is 2.54. The number of hydrogen-bond acceptors (Lipinski definition) is 4. The first-order valence-electron chi connectivity index (χ1n) is 7.11. The van der Waals surface area contributed by atoms with Gasteiger partial charge in [-0.25, -0.2) is 0 Å². The molecule has 4 nitrogen and oxygen atoms in total. The number of methoxy groups -OCH3 is 2. The van der Waals surface area contributed by atoms with Gasteiger partial charge in [-0.3, -0.25) is 0 Å². The van der Waals surface area contributed by atoms with Crippen molar-refractivity contribution in [1.29, 1.82) is 0 Å². The Morgan fingerprint density at radius 1 is 1.06 bits per heavy atom. The van der Waals surface area contributed by atoms with Crippen molar-refractivity contribution in [2.24, 2.45) is 5.41 Å². The van der Waals surface area contributed by atoms with E-state index in [9.17, 15) is 0 Å². The second-order valence-corrected chi connectivity index (χ2v) is 5.68. The van der Waals surface area contributed by atoms with Crippen molar-refractivity contribution >= 4 is 0 Å². The molecule has 0 unspecified atom stereocenters. The Kier molecular flexibility index (Phi) is 7.82. The van der Waals surface area contributed by atoms with Gasteiger partial charge in [0.05, 0.1) is 6.61 Å². The van der Waals surface area contributed by atoms with E-state index in [1.54, 1.807) is 14.2 Å².